The van der Waals surface area contributed by atoms with Crippen molar-refractivity contribution in [3.8, 4) is 17.2 Å². The number of amides is 1. The quantitative estimate of drug-likeness (QED) is 0.693. The Morgan fingerprint density at radius 2 is 2.07 bits per heavy atom. The lowest BCUT2D eigenvalue weighted by Gasteiger charge is -2.18. The molecule has 0 fully saturated rings. The molecule has 0 spiro atoms. The van der Waals surface area contributed by atoms with E-state index < -0.39 is 0 Å². The molecule has 1 N–H and O–H groups in total. The van der Waals surface area contributed by atoms with Crippen molar-refractivity contribution in [1.29, 1.82) is 0 Å². The lowest BCUT2D eigenvalue weighted by Crippen LogP contribution is -2.31. The van der Waals surface area contributed by atoms with Crippen LogP contribution in [0.15, 0.2) is 61.2 Å². The molecule has 0 radical (unpaired) electrons. The van der Waals surface area contributed by atoms with Gasteiger partial charge in [-0.3, -0.25) is 4.79 Å². The van der Waals surface area contributed by atoms with Gasteiger partial charge in [-0.15, -0.1) is 0 Å². The summed E-state index contributed by atoms with van der Waals surface area (Å²) >= 11 is 0. The van der Waals surface area contributed by atoms with Crippen molar-refractivity contribution in [2.45, 2.75) is 38.8 Å². The number of benzene rings is 2. The third-order valence-corrected chi connectivity index (χ3v) is 4.99. The Balaban J connectivity index is 1.34. The summed E-state index contributed by atoms with van der Waals surface area (Å²) in [4.78, 5) is 16.4. The van der Waals surface area contributed by atoms with Gasteiger partial charge in [0.15, 0.2) is 18.1 Å². The predicted molar refractivity (Wildman–Crippen MR) is 110 cm³/mol. The van der Waals surface area contributed by atoms with E-state index in [9.17, 15) is 4.79 Å². The van der Waals surface area contributed by atoms with Crippen LogP contribution in [0.25, 0.3) is 5.69 Å². The van der Waals surface area contributed by atoms with Crippen molar-refractivity contribution < 1.29 is 14.3 Å². The molecular formula is C23H25N3O3. The number of carbonyl (C=O) groups excluding carboxylic acids is 1. The first-order valence-electron chi connectivity index (χ1n) is 9.73. The van der Waals surface area contributed by atoms with Gasteiger partial charge in [0.05, 0.1) is 12.4 Å². The number of nitrogens with one attached hydrogen (secondary N) is 1. The van der Waals surface area contributed by atoms with Gasteiger partial charge in [-0.05, 0) is 44.5 Å². The van der Waals surface area contributed by atoms with Crippen molar-refractivity contribution in [2.75, 3.05) is 6.61 Å². The van der Waals surface area contributed by atoms with Gasteiger partial charge in [-0.1, -0.05) is 24.3 Å². The van der Waals surface area contributed by atoms with Crippen molar-refractivity contribution in [1.82, 2.24) is 14.9 Å². The number of carbonyl (C=O) groups is 1. The van der Waals surface area contributed by atoms with Crippen molar-refractivity contribution in [2.24, 2.45) is 0 Å². The molecule has 1 aromatic heterocycles. The molecule has 1 aliphatic heterocycles. The zero-order valence-corrected chi connectivity index (χ0v) is 16.9. The van der Waals surface area contributed by atoms with Gasteiger partial charge < -0.3 is 19.4 Å². The summed E-state index contributed by atoms with van der Waals surface area (Å²) in [5, 5.41) is 2.98. The van der Waals surface area contributed by atoms with Gasteiger partial charge in [0.25, 0.3) is 5.91 Å². The Bertz CT molecular complexity index is 995. The highest BCUT2D eigenvalue weighted by Crippen LogP contribution is 2.41. The number of para-hydroxylation sites is 1. The number of hydrogen-bond acceptors (Lipinski definition) is 4. The molecule has 0 saturated carbocycles. The second kappa shape index (κ2) is 7.62. The summed E-state index contributed by atoms with van der Waals surface area (Å²) in [5.41, 5.74) is 2.91. The Labute approximate surface area is 170 Å². The molecule has 0 unspecified atom stereocenters. The number of rotatable bonds is 6. The van der Waals surface area contributed by atoms with E-state index in [2.05, 4.69) is 10.3 Å². The number of fused-ring (bicyclic) bond motifs is 1. The molecule has 0 aliphatic carbocycles. The zero-order chi connectivity index (χ0) is 20.4. The highest BCUT2D eigenvalue weighted by Gasteiger charge is 2.32. The standard InChI is InChI=1S/C23H25N3O3/c1-16(17-7-9-19(10-8-17)26-12-11-24-15-26)25-21(27)14-28-20-6-4-5-18-13-23(2,3)29-22(18)20/h4-12,15-16H,13-14H2,1-3H3,(H,25,27)/t16-/m1/s1. The highest BCUT2D eigenvalue weighted by atomic mass is 16.5. The first kappa shape index (κ1) is 19.1. The SMILES string of the molecule is C[C@@H](NC(=O)COc1cccc2c1OC(C)(C)C2)c1ccc(-n2ccnc2)cc1. The molecule has 1 aliphatic rings. The monoisotopic (exact) mass is 391 g/mol. The zero-order valence-electron chi connectivity index (χ0n) is 16.9. The molecule has 29 heavy (non-hydrogen) atoms. The molecule has 1 amide bonds. The minimum atomic E-state index is -0.249. The Kier molecular flexibility index (Phi) is 5.01. The number of nitrogens with zero attached hydrogens (tertiary/aromatic N) is 2. The summed E-state index contributed by atoms with van der Waals surface area (Å²) < 4.78 is 13.7. The highest BCUT2D eigenvalue weighted by molar-refractivity contribution is 5.78. The fraction of sp³-hybridized carbons (Fsp3) is 0.304. The van der Waals surface area contributed by atoms with Crippen molar-refractivity contribution in [3.63, 3.8) is 0 Å². The summed E-state index contributed by atoms with van der Waals surface area (Å²) in [6.07, 6.45) is 6.22. The third-order valence-electron chi connectivity index (χ3n) is 4.99. The van der Waals surface area contributed by atoms with E-state index in [1.807, 2.05) is 74.0 Å². The minimum absolute atomic E-state index is 0.0578. The second-order valence-electron chi connectivity index (χ2n) is 7.92. The van der Waals surface area contributed by atoms with Crippen LogP contribution in [0.5, 0.6) is 11.5 Å². The maximum absolute atomic E-state index is 12.4. The maximum Gasteiger partial charge on any atom is 0.258 e. The van der Waals surface area contributed by atoms with Crippen molar-refractivity contribution >= 4 is 5.91 Å². The van der Waals surface area contributed by atoms with Gasteiger partial charge in [0.1, 0.15) is 5.60 Å². The average Bonchev–Trinajstić information content (AvgIpc) is 3.33. The predicted octanol–water partition coefficient (Wildman–Crippen LogP) is 3.84. The van der Waals surface area contributed by atoms with Gasteiger partial charge in [-0.25, -0.2) is 4.98 Å². The Morgan fingerprint density at radius 1 is 1.28 bits per heavy atom. The van der Waals surface area contributed by atoms with Crippen molar-refractivity contribution in [3.05, 3.63) is 72.3 Å². The molecule has 0 saturated heterocycles. The fourth-order valence-corrected chi connectivity index (χ4v) is 3.56. The summed E-state index contributed by atoms with van der Waals surface area (Å²) in [6, 6.07) is 13.7. The summed E-state index contributed by atoms with van der Waals surface area (Å²) in [7, 11) is 0. The number of ether oxygens (including phenoxy) is 2. The lowest BCUT2D eigenvalue weighted by molar-refractivity contribution is -0.123. The van der Waals surface area contributed by atoms with Gasteiger partial charge in [0, 0.05) is 30.1 Å². The maximum atomic E-state index is 12.4. The molecule has 3 aromatic rings. The van der Waals surface area contributed by atoms with Crippen LogP contribution in [-0.4, -0.2) is 27.7 Å². The number of aromatic nitrogens is 2. The number of hydrogen-bond donors (Lipinski definition) is 1. The summed E-state index contributed by atoms with van der Waals surface area (Å²) in [5.74, 6) is 1.18. The van der Waals surface area contributed by atoms with E-state index in [1.165, 1.54) is 0 Å². The van der Waals surface area contributed by atoms with E-state index in [1.54, 1.807) is 12.5 Å². The smallest absolute Gasteiger partial charge is 0.258 e. The first-order valence-corrected chi connectivity index (χ1v) is 9.73. The van der Waals surface area contributed by atoms with E-state index >= 15 is 0 Å². The van der Waals surface area contributed by atoms with Crippen LogP contribution in [0.4, 0.5) is 0 Å². The molecule has 2 aromatic carbocycles. The van der Waals surface area contributed by atoms with Gasteiger partial charge in [-0.2, -0.15) is 0 Å². The molecule has 6 heteroatoms. The molecule has 1 atom stereocenters. The molecule has 150 valence electrons. The van der Waals surface area contributed by atoms with Crippen LogP contribution >= 0.6 is 0 Å². The number of imidazole rings is 1. The molecule has 0 bridgehead atoms. The molecule has 6 nitrogen and oxygen atoms in total. The second-order valence-corrected chi connectivity index (χ2v) is 7.92. The van der Waals surface area contributed by atoms with Crippen LogP contribution in [0.1, 0.15) is 37.9 Å². The Morgan fingerprint density at radius 3 is 2.79 bits per heavy atom. The van der Waals surface area contributed by atoms with Crippen LogP contribution in [0.3, 0.4) is 0 Å². The summed E-state index contributed by atoms with van der Waals surface area (Å²) in [6.45, 7) is 5.99. The van der Waals surface area contributed by atoms with Crippen LogP contribution in [-0.2, 0) is 11.2 Å². The van der Waals surface area contributed by atoms with Crippen LogP contribution < -0.4 is 14.8 Å². The fourth-order valence-electron chi connectivity index (χ4n) is 3.56. The normalized spacial score (nSPS) is 15.3. The van der Waals surface area contributed by atoms with E-state index in [0.717, 1.165) is 29.0 Å². The largest absolute Gasteiger partial charge is 0.483 e. The van der Waals surface area contributed by atoms with E-state index in [-0.39, 0.29) is 24.2 Å². The molecular weight excluding hydrogens is 366 g/mol. The average molecular weight is 391 g/mol. The minimum Gasteiger partial charge on any atom is -0.483 e. The topological polar surface area (TPSA) is 65.4 Å². The molecule has 2 heterocycles. The van der Waals surface area contributed by atoms with Gasteiger partial charge in [0.2, 0.25) is 0 Å². The third kappa shape index (κ3) is 4.26. The van der Waals surface area contributed by atoms with E-state index in [4.69, 9.17) is 9.47 Å². The Hall–Kier alpha value is -3.28. The lowest BCUT2D eigenvalue weighted by atomic mass is 10.0. The first-order chi connectivity index (χ1) is 13.9. The van der Waals surface area contributed by atoms with Crippen LogP contribution in [0, 0.1) is 0 Å². The van der Waals surface area contributed by atoms with E-state index in [0.29, 0.717) is 5.75 Å². The molecule has 4 rings (SSSR count). The van der Waals surface area contributed by atoms with Crippen LogP contribution in [0.2, 0.25) is 0 Å². The van der Waals surface area contributed by atoms with Gasteiger partial charge >= 0.3 is 0 Å².